The smallest absolute Gasteiger partial charge is 0.289 e. The Morgan fingerprint density at radius 1 is 1.19 bits per heavy atom. The molecule has 0 saturated heterocycles. The fraction of sp³-hybridized carbons (Fsp3) is 0.409. The zero-order valence-electron chi connectivity index (χ0n) is 16.2. The lowest BCUT2D eigenvalue weighted by atomic mass is 9.52. The van der Waals surface area contributed by atoms with Gasteiger partial charge < -0.3 is 4.74 Å². The average molecular weight is 364 g/mol. The molecule has 3 rings (SSSR count). The minimum atomic E-state index is -0.489. The highest BCUT2D eigenvalue weighted by molar-refractivity contribution is 5.51. The Labute approximate surface area is 159 Å². The second kappa shape index (κ2) is 7.03. The molecule has 0 N–H and O–H groups in total. The van der Waals surface area contributed by atoms with Crippen molar-refractivity contribution in [3.63, 3.8) is 0 Å². The molecule has 1 aliphatic carbocycles. The summed E-state index contributed by atoms with van der Waals surface area (Å²) in [6, 6.07) is 9.75. The van der Waals surface area contributed by atoms with Crippen molar-refractivity contribution in [2.45, 2.75) is 45.4 Å². The third-order valence-electron chi connectivity index (χ3n) is 5.66. The molecule has 5 heteroatoms. The van der Waals surface area contributed by atoms with E-state index >= 15 is 0 Å². The number of benzene rings is 1. The Bertz CT molecular complexity index is 911. The summed E-state index contributed by atoms with van der Waals surface area (Å²) in [5.41, 5.74) is 2.98. The maximum absolute atomic E-state index is 10.9. The number of hydrogen-bond donors (Lipinski definition) is 0. The highest BCUT2D eigenvalue weighted by atomic mass is 16.6. The third-order valence-corrected chi connectivity index (χ3v) is 5.66. The molecule has 1 aliphatic rings. The topological polar surface area (TPSA) is 65.3 Å². The summed E-state index contributed by atoms with van der Waals surface area (Å²) in [4.78, 5) is 14.4. The first-order chi connectivity index (χ1) is 12.8. The van der Waals surface area contributed by atoms with E-state index in [2.05, 4.69) is 49.7 Å². The maximum Gasteiger partial charge on any atom is 0.289 e. The lowest BCUT2D eigenvalue weighted by molar-refractivity contribution is -0.385. The lowest BCUT2D eigenvalue weighted by Crippen LogP contribution is -2.45. The van der Waals surface area contributed by atoms with Gasteiger partial charge in [-0.25, -0.2) is 4.98 Å². The Kier molecular flexibility index (Phi) is 4.93. The summed E-state index contributed by atoms with van der Waals surface area (Å²) in [7, 11) is 1.47. The van der Waals surface area contributed by atoms with Gasteiger partial charge in [-0.3, -0.25) is 10.1 Å². The summed E-state index contributed by atoms with van der Waals surface area (Å²) >= 11 is 0. The monoisotopic (exact) mass is 364 g/mol. The van der Waals surface area contributed by atoms with Gasteiger partial charge in [-0.15, -0.1) is 0 Å². The molecule has 27 heavy (non-hydrogen) atoms. The Morgan fingerprint density at radius 2 is 1.85 bits per heavy atom. The van der Waals surface area contributed by atoms with Gasteiger partial charge in [0.1, 0.15) is 6.20 Å². The van der Waals surface area contributed by atoms with E-state index in [4.69, 9.17) is 4.74 Å². The van der Waals surface area contributed by atoms with Crippen molar-refractivity contribution in [2.24, 2.45) is 5.41 Å². The highest BCUT2D eigenvalue weighted by Crippen LogP contribution is 2.55. The molecule has 0 amide bonds. The molecule has 0 atom stereocenters. The van der Waals surface area contributed by atoms with Crippen LogP contribution in [0.1, 0.15) is 56.7 Å². The van der Waals surface area contributed by atoms with Crippen LogP contribution in [-0.2, 0) is 5.41 Å². The van der Waals surface area contributed by atoms with E-state index < -0.39 is 4.92 Å². The van der Waals surface area contributed by atoms with Crippen LogP contribution in [0, 0.1) is 27.4 Å². The van der Waals surface area contributed by atoms with Gasteiger partial charge in [-0.2, -0.15) is 0 Å². The zero-order chi connectivity index (χ0) is 19.7. The molecule has 0 bridgehead atoms. The van der Waals surface area contributed by atoms with Crippen LogP contribution in [0.3, 0.4) is 0 Å². The fourth-order valence-corrected chi connectivity index (χ4v) is 3.81. The molecule has 0 spiro atoms. The van der Waals surface area contributed by atoms with E-state index in [1.54, 1.807) is 0 Å². The van der Waals surface area contributed by atoms with Gasteiger partial charge in [-0.1, -0.05) is 51.2 Å². The van der Waals surface area contributed by atoms with Gasteiger partial charge in [0.15, 0.2) is 0 Å². The molecule has 1 aromatic carbocycles. The number of nitrogens with zero attached hydrogens (tertiary/aromatic N) is 2. The maximum atomic E-state index is 10.9. The molecule has 5 nitrogen and oxygen atoms in total. The van der Waals surface area contributed by atoms with E-state index in [0.29, 0.717) is 5.56 Å². The van der Waals surface area contributed by atoms with E-state index in [1.165, 1.54) is 44.2 Å². The molecular formula is C22H24N2O3. The molecule has 0 aliphatic heterocycles. The van der Waals surface area contributed by atoms with E-state index in [9.17, 15) is 10.1 Å². The van der Waals surface area contributed by atoms with Gasteiger partial charge >= 0.3 is 0 Å². The molecule has 1 saturated carbocycles. The highest BCUT2D eigenvalue weighted by Gasteiger charge is 2.47. The van der Waals surface area contributed by atoms with Crippen LogP contribution in [0.4, 0.5) is 5.69 Å². The van der Waals surface area contributed by atoms with Crippen molar-refractivity contribution < 1.29 is 9.66 Å². The molecule has 2 aromatic rings. The van der Waals surface area contributed by atoms with Crippen LogP contribution in [0.2, 0.25) is 0 Å². The predicted molar refractivity (Wildman–Crippen MR) is 105 cm³/mol. The molecule has 0 radical (unpaired) electrons. The summed E-state index contributed by atoms with van der Waals surface area (Å²) in [5, 5.41) is 10.9. The summed E-state index contributed by atoms with van der Waals surface area (Å²) < 4.78 is 5.16. The second-order valence-electron chi connectivity index (χ2n) is 8.02. The van der Waals surface area contributed by atoms with E-state index in [1.807, 2.05) is 12.1 Å². The van der Waals surface area contributed by atoms with Crippen LogP contribution in [0.25, 0.3) is 0 Å². The van der Waals surface area contributed by atoms with Crippen molar-refractivity contribution in [2.75, 3.05) is 7.11 Å². The number of ether oxygens (including phenoxy) is 1. The molecule has 0 unspecified atom stereocenters. The molecular weight excluding hydrogens is 340 g/mol. The molecule has 1 heterocycles. The number of rotatable bonds is 3. The first kappa shape index (κ1) is 18.9. The molecule has 1 aromatic heterocycles. The van der Waals surface area contributed by atoms with Crippen LogP contribution in [0.5, 0.6) is 5.88 Å². The van der Waals surface area contributed by atoms with Gasteiger partial charge in [-0.05, 0) is 36.0 Å². The predicted octanol–water partition coefficient (Wildman–Crippen LogP) is 4.87. The number of aromatic nitrogens is 1. The largest absolute Gasteiger partial charge is 0.480 e. The fourth-order valence-electron chi connectivity index (χ4n) is 3.81. The molecule has 140 valence electrons. The minimum absolute atomic E-state index is 0.104. The van der Waals surface area contributed by atoms with Crippen molar-refractivity contribution >= 4 is 5.69 Å². The number of methoxy groups -OCH3 is 1. The summed E-state index contributed by atoms with van der Waals surface area (Å²) in [6.07, 6.45) is 4.89. The Hall–Kier alpha value is -2.87. The second-order valence-corrected chi connectivity index (χ2v) is 8.02. The third kappa shape index (κ3) is 3.52. The SMILES string of the molecule is COc1ncc([N+](=O)[O-])cc1C#Cc1ccc(C2(C(C)(C)C)CCC2)cc1. The lowest BCUT2D eigenvalue weighted by Gasteiger charge is -2.52. The first-order valence-corrected chi connectivity index (χ1v) is 9.08. The van der Waals surface area contributed by atoms with Gasteiger partial charge in [0.25, 0.3) is 5.69 Å². The van der Waals surface area contributed by atoms with Crippen LogP contribution in [-0.4, -0.2) is 17.0 Å². The van der Waals surface area contributed by atoms with E-state index in [-0.39, 0.29) is 22.4 Å². The molecule has 1 fully saturated rings. The Morgan fingerprint density at radius 3 is 2.33 bits per heavy atom. The minimum Gasteiger partial charge on any atom is -0.480 e. The van der Waals surface area contributed by atoms with Crippen molar-refractivity contribution in [1.82, 2.24) is 4.98 Å². The van der Waals surface area contributed by atoms with Crippen LogP contribution < -0.4 is 4.74 Å². The van der Waals surface area contributed by atoms with Gasteiger partial charge in [0.2, 0.25) is 5.88 Å². The number of nitro groups is 1. The summed E-state index contributed by atoms with van der Waals surface area (Å²) in [5.74, 6) is 6.30. The Balaban J connectivity index is 1.89. The summed E-state index contributed by atoms with van der Waals surface area (Å²) in [6.45, 7) is 6.92. The van der Waals surface area contributed by atoms with Gasteiger partial charge in [0, 0.05) is 17.0 Å². The van der Waals surface area contributed by atoms with Crippen molar-refractivity contribution in [3.8, 4) is 17.7 Å². The van der Waals surface area contributed by atoms with Crippen molar-refractivity contribution in [1.29, 1.82) is 0 Å². The van der Waals surface area contributed by atoms with Crippen molar-refractivity contribution in [3.05, 3.63) is 63.3 Å². The quantitative estimate of drug-likeness (QED) is 0.443. The standard InChI is InChI=1S/C22H24N2O3/c1-21(2,3)22(12-5-13-22)18-10-7-16(8-11-18)6-9-17-14-19(24(25)26)15-23-20(17)27-4/h7-8,10-11,14-15H,5,12-13H2,1-4H3. The number of pyridine rings is 1. The first-order valence-electron chi connectivity index (χ1n) is 9.08. The number of hydrogen-bond acceptors (Lipinski definition) is 4. The van der Waals surface area contributed by atoms with Gasteiger partial charge in [0.05, 0.1) is 17.6 Å². The average Bonchev–Trinajstić information content (AvgIpc) is 2.58. The van der Waals surface area contributed by atoms with Crippen LogP contribution in [0.15, 0.2) is 36.5 Å². The zero-order valence-corrected chi connectivity index (χ0v) is 16.2. The normalized spacial score (nSPS) is 15.3. The van der Waals surface area contributed by atoms with Crippen LogP contribution >= 0.6 is 0 Å². The van der Waals surface area contributed by atoms with E-state index in [0.717, 1.165) is 5.56 Å².